The van der Waals surface area contributed by atoms with Gasteiger partial charge in [-0.15, -0.1) is 11.3 Å². The van der Waals surface area contributed by atoms with Crippen molar-refractivity contribution in [3.8, 4) is 0 Å². The molecule has 0 saturated carbocycles. The van der Waals surface area contributed by atoms with Crippen LogP contribution in [0.2, 0.25) is 0 Å². The molecule has 2 aromatic rings. The zero-order valence-corrected chi connectivity index (χ0v) is 15.5. The molecule has 8 heteroatoms. The molecule has 0 unspecified atom stereocenters. The van der Waals surface area contributed by atoms with Crippen LogP contribution in [0.25, 0.3) is 0 Å². The maximum Gasteiger partial charge on any atom is 0.410 e. The lowest BCUT2D eigenvalue weighted by molar-refractivity contribution is 0.0197. The maximum atomic E-state index is 12.3. The summed E-state index contributed by atoms with van der Waals surface area (Å²) in [6, 6.07) is 1.77. The first-order chi connectivity index (χ1) is 11.9. The second kappa shape index (κ2) is 7.35. The zero-order valence-electron chi connectivity index (χ0n) is 14.7. The van der Waals surface area contributed by atoms with Crippen molar-refractivity contribution in [3.63, 3.8) is 0 Å². The van der Waals surface area contributed by atoms with Crippen LogP contribution in [-0.2, 0) is 4.74 Å². The minimum absolute atomic E-state index is 0.227. The third kappa shape index (κ3) is 4.88. The molecule has 1 aliphatic rings. The van der Waals surface area contributed by atoms with Gasteiger partial charge in [0, 0.05) is 36.8 Å². The molecule has 2 aromatic heterocycles. The van der Waals surface area contributed by atoms with E-state index < -0.39 is 5.60 Å². The molecular weight excluding hydrogens is 338 g/mol. The van der Waals surface area contributed by atoms with Crippen LogP contribution >= 0.6 is 11.3 Å². The predicted octanol–water partition coefficient (Wildman–Crippen LogP) is 3.79. The lowest BCUT2D eigenvalue weighted by Crippen LogP contribution is -2.42. The van der Waals surface area contributed by atoms with Gasteiger partial charge in [0.25, 0.3) is 0 Å². The number of anilines is 2. The highest BCUT2D eigenvalue weighted by Gasteiger charge is 2.29. The van der Waals surface area contributed by atoms with E-state index >= 15 is 0 Å². The highest BCUT2D eigenvalue weighted by Crippen LogP contribution is 2.30. The van der Waals surface area contributed by atoms with Crippen LogP contribution in [0.3, 0.4) is 0 Å². The fraction of sp³-hybridized carbons (Fsp3) is 0.529. The number of likely N-dealkylation sites (tertiary alicyclic amines) is 1. The summed E-state index contributed by atoms with van der Waals surface area (Å²) in [5, 5.41) is 5.90. The van der Waals surface area contributed by atoms with Gasteiger partial charge >= 0.3 is 6.09 Å². The third-order valence-corrected chi connectivity index (χ3v) is 4.57. The Labute approximate surface area is 151 Å². The smallest absolute Gasteiger partial charge is 0.410 e. The number of amides is 1. The molecule has 1 aliphatic heterocycles. The number of nitrogens with zero attached hydrogens (tertiary/aromatic N) is 4. The minimum Gasteiger partial charge on any atom is -0.444 e. The van der Waals surface area contributed by atoms with E-state index in [0.717, 1.165) is 30.2 Å². The van der Waals surface area contributed by atoms with Gasteiger partial charge in [-0.2, -0.15) is 0 Å². The Bertz CT molecular complexity index is 713. The summed E-state index contributed by atoms with van der Waals surface area (Å²) in [4.78, 5) is 27.0. The van der Waals surface area contributed by atoms with Gasteiger partial charge in [-0.1, -0.05) is 0 Å². The topological polar surface area (TPSA) is 80.2 Å². The van der Waals surface area contributed by atoms with Gasteiger partial charge in [0.05, 0.1) is 5.69 Å². The van der Waals surface area contributed by atoms with Gasteiger partial charge < -0.3 is 15.0 Å². The first-order valence-corrected chi connectivity index (χ1v) is 9.26. The SMILES string of the molecule is CC(C)(C)OC(=O)N1CCC[C@@H](c2csc(Nc3ncccn3)n2)C1. The quantitative estimate of drug-likeness (QED) is 0.896. The van der Waals surface area contributed by atoms with Crippen LogP contribution in [0.5, 0.6) is 0 Å². The van der Waals surface area contributed by atoms with Gasteiger partial charge in [-0.05, 0) is 39.7 Å². The lowest BCUT2D eigenvalue weighted by atomic mass is 9.96. The first-order valence-electron chi connectivity index (χ1n) is 8.38. The van der Waals surface area contributed by atoms with Crippen LogP contribution in [0, 0.1) is 0 Å². The summed E-state index contributed by atoms with van der Waals surface area (Å²) >= 11 is 1.52. The number of piperidine rings is 1. The van der Waals surface area contributed by atoms with Crippen molar-refractivity contribution >= 4 is 28.5 Å². The van der Waals surface area contributed by atoms with E-state index in [1.807, 2.05) is 26.2 Å². The summed E-state index contributed by atoms with van der Waals surface area (Å²) in [7, 11) is 0. The highest BCUT2D eigenvalue weighted by molar-refractivity contribution is 7.13. The van der Waals surface area contributed by atoms with Crippen molar-refractivity contribution in [1.29, 1.82) is 0 Å². The van der Waals surface area contributed by atoms with Crippen molar-refractivity contribution < 1.29 is 9.53 Å². The van der Waals surface area contributed by atoms with Gasteiger partial charge in [0.1, 0.15) is 5.60 Å². The van der Waals surface area contributed by atoms with Gasteiger partial charge in [-0.3, -0.25) is 0 Å². The molecule has 0 spiro atoms. The Balaban J connectivity index is 1.63. The van der Waals surface area contributed by atoms with Crippen molar-refractivity contribution in [3.05, 3.63) is 29.5 Å². The van der Waals surface area contributed by atoms with E-state index in [0.29, 0.717) is 12.5 Å². The van der Waals surface area contributed by atoms with Crippen molar-refractivity contribution in [2.45, 2.75) is 45.1 Å². The molecule has 1 amide bonds. The van der Waals surface area contributed by atoms with E-state index in [4.69, 9.17) is 4.74 Å². The number of nitrogens with one attached hydrogen (secondary N) is 1. The van der Waals surface area contributed by atoms with Gasteiger partial charge in [-0.25, -0.2) is 19.7 Å². The zero-order chi connectivity index (χ0) is 17.9. The second-order valence-electron chi connectivity index (χ2n) is 7.04. The van der Waals surface area contributed by atoms with E-state index in [1.165, 1.54) is 11.3 Å². The van der Waals surface area contributed by atoms with Crippen LogP contribution in [-0.4, -0.2) is 44.6 Å². The van der Waals surface area contributed by atoms with Crippen LogP contribution in [0.1, 0.15) is 45.2 Å². The molecule has 25 heavy (non-hydrogen) atoms. The molecule has 1 saturated heterocycles. The second-order valence-corrected chi connectivity index (χ2v) is 7.90. The Morgan fingerprint density at radius 3 is 2.84 bits per heavy atom. The lowest BCUT2D eigenvalue weighted by Gasteiger charge is -2.33. The van der Waals surface area contributed by atoms with Gasteiger partial charge in [0.15, 0.2) is 5.13 Å². The van der Waals surface area contributed by atoms with Crippen LogP contribution in [0.15, 0.2) is 23.8 Å². The molecule has 1 atom stereocenters. The molecule has 7 nitrogen and oxygen atoms in total. The Morgan fingerprint density at radius 2 is 2.12 bits per heavy atom. The molecule has 0 radical (unpaired) electrons. The fourth-order valence-electron chi connectivity index (χ4n) is 2.70. The molecular formula is C17H23N5O2S. The number of carbonyl (C=O) groups is 1. The third-order valence-electron chi connectivity index (χ3n) is 3.80. The van der Waals surface area contributed by atoms with Gasteiger partial charge in [0.2, 0.25) is 5.95 Å². The molecule has 3 rings (SSSR count). The Kier molecular flexibility index (Phi) is 5.17. The molecule has 1 fully saturated rings. The predicted molar refractivity (Wildman–Crippen MR) is 97.2 cm³/mol. The van der Waals surface area contributed by atoms with Crippen molar-refractivity contribution in [2.24, 2.45) is 0 Å². The largest absolute Gasteiger partial charge is 0.444 e. The van der Waals surface area contributed by atoms with E-state index in [1.54, 1.807) is 23.4 Å². The monoisotopic (exact) mass is 361 g/mol. The van der Waals surface area contributed by atoms with Crippen LogP contribution in [0.4, 0.5) is 15.9 Å². The standard InChI is InChI=1S/C17H23N5O2S/c1-17(2,3)24-16(23)22-9-4-6-12(10-22)13-11-25-15(20-13)21-14-18-7-5-8-19-14/h5,7-8,11-12H,4,6,9-10H2,1-3H3,(H,18,19,20,21)/t12-/m1/s1. The molecule has 0 aliphatic carbocycles. The molecule has 0 aromatic carbocycles. The number of ether oxygens (including phenoxy) is 1. The average molecular weight is 361 g/mol. The number of aromatic nitrogens is 3. The Hall–Kier alpha value is -2.22. The maximum absolute atomic E-state index is 12.3. The van der Waals surface area contributed by atoms with Crippen LogP contribution < -0.4 is 5.32 Å². The normalized spacial score (nSPS) is 18.0. The van der Waals surface area contributed by atoms with E-state index in [2.05, 4.69) is 20.3 Å². The summed E-state index contributed by atoms with van der Waals surface area (Å²) in [5.41, 5.74) is 0.522. The summed E-state index contributed by atoms with van der Waals surface area (Å²) in [6.07, 6.45) is 5.09. The van der Waals surface area contributed by atoms with Crippen molar-refractivity contribution in [1.82, 2.24) is 19.9 Å². The summed E-state index contributed by atoms with van der Waals surface area (Å²) < 4.78 is 5.49. The fourth-order valence-corrected chi connectivity index (χ4v) is 3.49. The van der Waals surface area contributed by atoms with E-state index in [-0.39, 0.29) is 12.0 Å². The average Bonchev–Trinajstić information content (AvgIpc) is 3.03. The number of hydrogen-bond acceptors (Lipinski definition) is 7. The number of thiazole rings is 1. The first kappa shape index (κ1) is 17.6. The summed E-state index contributed by atoms with van der Waals surface area (Å²) in [5.74, 6) is 0.757. The molecule has 0 bridgehead atoms. The Morgan fingerprint density at radius 1 is 1.36 bits per heavy atom. The minimum atomic E-state index is -0.475. The number of hydrogen-bond donors (Lipinski definition) is 1. The van der Waals surface area contributed by atoms with Crippen molar-refractivity contribution in [2.75, 3.05) is 18.4 Å². The highest BCUT2D eigenvalue weighted by atomic mass is 32.1. The molecule has 134 valence electrons. The summed E-state index contributed by atoms with van der Waals surface area (Å²) in [6.45, 7) is 7.03. The van der Waals surface area contributed by atoms with E-state index in [9.17, 15) is 4.79 Å². The number of carbonyl (C=O) groups excluding carboxylic acids is 1. The number of rotatable bonds is 3. The molecule has 1 N–H and O–H groups in total. The molecule has 3 heterocycles.